The predicted octanol–water partition coefficient (Wildman–Crippen LogP) is 2.21. The van der Waals surface area contributed by atoms with Crippen LogP contribution in [0.15, 0.2) is 10.5 Å². The summed E-state index contributed by atoms with van der Waals surface area (Å²) in [6, 6.07) is 2.35. The Bertz CT molecular complexity index is 570. The summed E-state index contributed by atoms with van der Waals surface area (Å²) in [7, 11) is 0. The van der Waals surface area contributed by atoms with Crippen molar-refractivity contribution in [1.82, 2.24) is 20.1 Å². The fourth-order valence-electron chi connectivity index (χ4n) is 2.61. The average Bonchev–Trinajstić information content (AvgIpc) is 2.91. The zero-order valence-electron chi connectivity index (χ0n) is 11.0. The number of aryl methyl sites for hydroxylation is 2. The Hall–Kier alpha value is -1.62. The van der Waals surface area contributed by atoms with E-state index in [0.717, 1.165) is 48.2 Å². The lowest BCUT2D eigenvalue weighted by Crippen LogP contribution is -2.33. The van der Waals surface area contributed by atoms with Gasteiger partial charge in [-0.25, -0.2) is 0 Å². The molecule has 0 bridgehead atoms. The lowest BCUT2D eigenvalue weighted by Gasteiger charge is -2.23. The molecule has 1 unspecified atom stereocenters. The maximum absolute atomic E-state index is 5.59. The predicted molar refractivity (Wildman–Crippen MR) is 68.2 cm³/mol. The van der Waals surface area contributed by atoms with Gasteiger partial charge in [0.25, 0.3) is 0 Å². The SMILES string of the molecule is CCC1NCCn2c(-c3cc(C)oc3C)nnc21. The minimum absolute atomic E-state index is 0.313. The highest BCUT2D eigenvalue weighted by molar-refractivity contribution is 5.58. The molecule has 3 heterocycles. The van der Waals surface area contributed by atoms with Gasteiger partial charge in [-0.1, -0.05) is 6.92 Å². The minimum atomic E-state index is 0.313. The molecule has 96 valence electrons. The topological polar surface area (TPSA) is 55.9 Å². The smallest absolute Gasteiger partial charge is 0.167 e. The number of hydrogen-bond donors (Lipinski definition) is 1. The van der Waals surface area contributed by atoms with Crippen molar-refractivity contribution < 1.29 is 4.42 Å². The molecule has 3 rings (SSSR count). The Labute approximate surface area is 106 Å². The van der Waals surface area contributed by atoms with E-state index in [-0.39, 0.29) is 0 Å². The van der Waals surface area contributed by atoms with Crippen LogP contribution in [0.1, 0.15) is 36.7 Å². The molecule has 1 aliphatic heterocycles. The van der Waals surface area contributed by atoms with Crippen LogP contribution in [0.4, 0.5) is 0 Å². The van der Waals surface area contributed by atoms with Gasteiger partial charge in [0.05, 0.1) is 11.6 Å². The summed E-state index contributed by atoms with van der Waals surface area (Å²) in [6.07, 6.45) is 1.03. The van der Waals surface area contributed by atoms with Crippen LogP contribution in [0.25, 0.3) is 11.4 Å². The second kappa shape index (κ2) is 4.24. The van der Waals surface area contributed by atoms with Gasteiger partial charge in [-0.15, -0.1) is 10.2 Å². The summed E-state index contributed by atoms with van der Waals surface area (Å²) in [5.74, 6) is 3.80. The third-order valence-corrected chi connectivity index (χ3v) is 3.51. The second-order valence-corrected chi connectivity index (χ2v) is 4.78. The zero-order chi connectivity index (χ0) is 12.7. The number of fused-ring (bicyclic) bond motifs is 1. The van der Waals surface area contributed by atoms with Crippen LogP contribution in [0.5, 0.6) is 0 Å². The maximum Gasteiger partial charge on any atom is 0.167 e. The van der Waals surface area contributed by atoms with Crippen molar-refractivity contribution in [3.05, 3.63) is 23.4 Å². The van der Waals surface area contributed by atoms with Gasteiger partial charge in [0.1, 0.15) is 11.5 Å². The molecule has 0 spiro atoms. The van der Waals surface area contributed by atoms with Crippen LogP contribution in [0.2, 0.25) is 0 Å². The molecule has 2 aromatic rings. The normalized spacial score (nSPS) is 18.9. The molecule has 0 aliphatic carbocycles. The molecule has 5 nitrogen and oxygen atoms in total. The van der Waals surface area contributed by atoms with Crippen molar-refractivity contribution in [1.29, 1.82) is 0 Å². The molecule has 0 aromatic carbocycles. The number of furan rings is 1. The van der Waals surface area contributed by atoms with Crippen LogP contribution >= 0.6 is 0 Å². The highest BCUT2D eigenvalue weighted by atomic mass is 16.3. The first-order valence-corrected chi connectivity index (χ1v) is 6.44. The van der Waals surface area contributed by atoms with Crippen LogP contribution in [0.3, 0.4) is 0 Å². The number of hydrogen-bond acceptors (Lipinski definition) is 4. The zero-order valence-corrected chi connectivity index (χ0v) is 11.0. The molecule has 1 aliphatic rings. The second-order valence-electron chi connectivity index (χ2n) is 4.78. The van der Waals surface area contributed by atoms with Gasteiger partial charge < -0.3 is 14.3 Å². The molecule has 2 aromatic heterocycles. The summed E-state index contributed by atoms with van der Waals surface area (Å²) in [4.78, 5) is 0. The van der Waals surface area contributed by atoms with E-state index in [0.29, 0.717) is 6.04 Å². The standard InChI is InChI=1S/C13H18N4O/c1-4-11-13-16-15-12(17(13)6-5-14-11)10-7-8(2)18-9(10)3/h7,11,14H,4-6H2,1-3H3. The van der Waals surface area contributed by atoms with Crippen molar-refractivity contribution in [2.75, 3.05) is 6.54 Å². The third kappa shape index (κ3) is 1.66. The first-order valence-electron chi connectivity index (χ1n) is 6.44. The lowest BCUT2D eigenvalue weighted by atomic mass is 10.1. The van der Waals surface area contributed by atoms with E-state index in [1.165, 1.54) is 0 Å². The summed E-state index contributed by atoms with van der Waals surface area (Å²) >= 11 is 0. The molecule has 0 fully saturated rings. The van der Waals surface area contributed by atoms with Crippen molar-refractivity contribution in [3.8, 4) is 11.4 Å². The molecule has 1 atom stereocenters. The first kappa shape index (κ1) is 11.5. The first-order chi connectivity index (χ1) is 8.70. The lowest BCUT2D eigenvalue weighted by molar-refractivity contribution is 0.407. The van der Waals surface area contributed by atoms with E-state index in [2.05, 4.69) is 27.0 Å². The monoisotopic (exact) mass is 246 g/mol. The fraction of sp³-hybridized carbons (Fsp3) is 0.538. The number of nitrogens with one attached hydrogen (secondary N) is 1. The molecule has 0 radical (unpaired) electrons. The van der Waals surface area contributed by atoms with Crippen molar-refractivity contribution >= 4 is 0 Å². The van der Waals surface area contributed by atoms with E-state index in [4.69, 9.17) is 4.42 Å². The molecule has 0 saturated carbocycles. The van der Waals surface area contributed by atoms with Gasteiger partial charge in [0.15, 0.2) is 11.6 Å². The molecular formula is C13H18N4O. The largest absolute Gasteiger partial charge is 0.466 e. The highest BCUT2D eigenvalue weighted by Gasteiger charge is 2.25. The van der Waals surface area contributed by atoms with Crippen LogP contribution in [0, 0.1) is 13.8 Å². The number of nitrogens with zero attached hydrogens (tertiary/aromatic N) is 3. The Morgan fingerprint density at radius 3 is 2.94 bits per heavy atom. The molecular weight excluding hydrogens is 228 g/mol. The van der Waals surface area contributed by atoms with Gasteiger partial charge in [0.2, 0.25) is 0 Å². The van der Waals surface area contributed by atoms with Crippen LogP contribution in [-0.4, -0.2) is 21.3 Å². The quantitative estimate of drug-likeness (QED) is 0.882. The summed E-state index contributed by atoms with van der Waals surface area (Å²) < 4.78 is 7.80. The Balaban J connectivity index is 2.09. The van der Waals surface area contributed by atoms with Gasteiger partial charge in [-0.05, 0) is 26.3 Å². The minimum Gasteiger partial charge on any atom is -0.466 e. The fourth-order valence-corrected chi connectivity index (χ4v) is 2.61. The van der Waals surface area contributed by atoms with Gasteiger partial charge >= 0.3 is 0 Å². The van der Waals surface area contributed by atoms with Crippen molar-refractivity contribution in [2.24, 2.45) is 0 Å². The van der Waals surface area contributed by atoms with E-state index in [1.54, 1.807) is 0 Å². The average molecular weight is 246 g/mol. The summed E-state index contributed by atoms with van der Waals surface area (Å²) in [5.41, 5.74) is 1.06. The molecule has 18 heavy (non-hydrogen) atoms. The van der Waals surface area contributed by atoms with E-state index < -0.39 is 0 Å². The number of rotatable bonds is 2. The van der Waals surface area contributed by atoms with Crippen molar-refractivity contribution in [3.63, 3.8) is 0 Å². The van der Waals surface area contributed by atoms with Gasteiger partial charge in [0, 0.05) is 13.1 Å². The van der Waals surface area contributed by atoms with Crippen molar-refractivity contribution in [2.45, 2.75) is 39.8 Å². The molecule has 1 N–H and O–H groups in total. The Morgan fingerprint density at radius 2 is 2.28 bits per heavy atom. The summed E-state index contributed by atoms with van der Waals surface area (Å²) in [5, 5.41) is 12.2. The molecule has 5 heteroatoms. The Kier molecular flexibility index (Phi) is 2.70. The third-order valence-electron chi connectivity index (χ3n) is 3.51. The van der Waals surface area contributed by atoms with Crippen LogP contribution < -0.4 is 5.32 Å². The number of aromatic nitrogens is 3. The van der Waals surface area contributed by atoms with E-state index in [9.17, 15) is 0 Å². The van der Waals surface area contributed by atoms with Crippen LogP contribution in [-0.2, 0) is 6.54 Å². The van der Waals surface area contributed by atoms with E-state index in [1.807, 2.05) is 19.9 Å². The summed E-state index contributed by atoms with van der Waals surface area (Å²) in [6.45, 7) is 7.97. The Morgan fingerprint density at radius 1 is 1.44 bits per heavy atom. The molecule has 0 saturated heterocycles. The maximum atomic E-state index is 5.59. The molecule has 0 amide bonds. The van der Waals surface area contributed by atoms with E-state index >= 15 is 0 Å². The van der Waals surface area contributed by atoms with Gasteiger partial charge in [-0.2, -0.15) is 0 Å². The highest BCUT2D eigenvalue weighted by Crippen LogP contribution is 2.29. The van der Waals surface area contributed by atoms with Gasteiger partial charge in [-0.3, -0.25) is 0 Å².